The van der Waals surface area contributed by atoms with Gasteiger partial charge in [-0.1, -0.05) is 13.8 Å². The zero-order chi connectivity index (χ0) is 17.0. The topological polar surface area (TPSA) is 60.3 Å². The van der Waals surface area contributed by atoms with Gasteiger partial charge in [-0.3, -0.25) is 4.79 Å². The standard InChI is InChI=1S/C17H28N2O3/c1-8-22-17(21)15-11(4)14(13(6)19(15)7)16(20)12(5)18-9-10(2)3/h10,12,18H,8-9H2,1-7H3. The van der Waals surface area contributed by atoms with Crippen LogP contribution in [0.4, 0.5) is 0 Å². The number of nitrogens with one attached hydrogen (secondary N) is 1. The molecule has 22 heavy (non-hydrogen) atoms. The number of ether oxygens (including phenoxy) is 1. The largest absolute Gasteiger partial charge is 0.461 e. The lowest BCUT2D eigenvalue weighted by atomic mass is 10.0. The van der Waals surface area contributed by atoms with Crippen LogP contribution in [0.15, 0.2) is 0 Å². The minimum absolute atomic E-state index is 0.0156. The van der Waals surface area contributed by atoms with Crippen LogP contribution in [0.25, 0.3) is 0 Å². The number of Topliss-reactive ketones (excluding diaryl/α,β-unsaturated/α-hetero) is 1. The molecule has 5 heteroatoms. The average Bonchev–Trinajstić information content (AvgIpc) is 2.66. The van der Waals surface area contributed by atoms with Gasteiger partial charge in [-0.15, -0.1) is 0 Å². The highest BCUT2D eigenvalue weighted by Crippen LogP contribution is 2.23. The zero-order valence-electron chi connectivity index (χ0n) is 14.7. The summed E-state index contributed by atoms with van der Waals surface area (Å²) in [5, 5.41) is 3.24. The number of carbonyl (C=O) groups is 2. The molecule has 0 aromatic carbocycles. The normalized spacial score (nSPS) is 12.5. The maximum atomic E-state index is 12.7. The van der Waals surface area contributed by atoms with Crippen LogP contribution in [0.2, 0.25) is 0 Å². The Kier molecular flexibility index (Phi) is 6.35. The summed E-state index contributed by atoms with van der Waals surface area (Å²) in [6.07, 6.45) is 0. The van der Waals surface area contributed by atoms with Crippen molar-refractivity contribution in [1.29, 1.82) is 0 Å². The third-order valence-electron chi connectivity index (χ3n) is 3.87. The van der Waals surface area contributed by atoms with Crippen LogP contribution in [0.5, 0.6) is 0 Å². The summed E-state index contributed by atoms with van der Waals surface area (Å²) in [6, 6.07) is -0.280. The lowest BCUT2D eigenvalue weighted by Gasteiger charge is -2.15. The molecule has 0 saturated heterocycles. The van der Waals surface area contributed by atoms with Gasteiger partial charge in [0.1, 0.15) is 5.69 Å². The second kappa shape index (κ2) is 7.58. The number of aromatic nitrogens is 1. The number of ketones is 1. The summed E-state index contributed by atoms with van der Waals surface area (Å²) >= 11 is 0. The van der Waals surface area contributed by atoms with E-state index in [2.05, 4.69) is 19.2 Å². The van der Waals surface area contributed by atoms with Gasteiger partial charge in [-0.05, 0) is 45.7 Å². The Hall–Kier alpha value is -1.62. The minimum Gasteiger partial charge on any atom is -0.461 e. The molecule has 0 radical (unpaired) electrons. The van der Waals surface area contributed by atoms with Crippen molar-refractivity contribution in [2.24, 2.45) is 13.0 Å². The van der Waals surface area contributed by atoms with E-state index in [4.69, 9.17) is 4.74 Å². The average molecular weight is 308 g/mol. The number of esters is 1. The first-order valence-corrected chi connectivity index (χ1v) is 7.82. The highest BCUT2D eigenvalue weighted by atomic mass is 16.5. The second-order valence-electron chi connectivity index (χ2n) is 6.10. The number of hydrogen-bond donors (Lipinski definition) is 1. The number of hydrogen-bond acceptors (Lipinski definition) is 4. The van der Waals surface area contributed by atoms with Crippen molar-refractivity contribution >= 4 is 11.8 Å². The van der Waals surface area contributed by atoms with E-state index in [0.717, 1.165) is 12.2 Å². The zero-order valence-corrected chi connectivity index (χ0v) is 14.7. The lowest BCUT2D eigenvalue weighted by Crippen LogP contribution is -2.36. The van der Waals surface area contributed by atoms with Crippen LogP contribution in [-0.2, 0) is 11.8 Å². The van der Waals surface area contributed by atoms with Gasteiger partial charge in [0.15, 0.2) is 5.78 Å². The Morgan fingerprint density at radius 2 is 1.82 bits per heavy atom. The fourth-order valence-corrected chi connectivity index (χ4v) is 2.55. The first-order valence-electron chi connectivity index (χ1n) is 7.82. The van der Waals surface area contributed by atoms with Crippen LogP contribution in [0.3, 0.4) is 0 Å². The predicted molar refractivity (Wildman–Crippen MR) is 87.5 cm³/mol. The molecule has 0 amide bonds. The minimum atomic E-state index is -0.382. The molecular formula is C17H28N2O3. The van der Waals surface area contributed by atoms with E-state index in [0.29, 0.717) is 29.3 Å². The fourth-order valence-electron chi connectivity index (χ4n) is 2.55. The molecule has 5 nitrogen and oxygen atoms in total. The van der Waals surface area contributed by atoms with Crippen molar-refractivity contribution < 1.29 is 14.3 Å². The van der Waals surface area contributed by atoms with E-state index in [-0.39, 0.29) is 17.8 Å². The molecule has 1 aromatic heterocycles. The Bertz CT molecular complexity index is 559. The second-order valence-corrected chi connectivity index (χ2v) is 6.10. The maximum Gasteiger partial charge on any atom is 0.355 e. The molecule has 0 bridgehead atoms. The van der Waals surface area contributed by atoms with E-state index in [9.17, 15) is 9.59 Å². The maximum absolute atomic E-state index is 12.7. The van der Waals surface area contributed by atoms with Crippen molar-refractivity contribution in [1.82, 2.24) is 9.88 Å². The quantitative estimate of drug-likeness (QED) is 0.621. The Morgan fingerprint density at radius 1 is 1.23 bits per heavy atom. The van der Waals surface area contributed by atoms with Crippen molar-refractivity contribution in [2.75, 3.05) is 13.2 Å². The van der Waals surface area contributed by atoms with Gasteiger partial charge >= 0.3 is 5.97 Å². The molecule has 124 valence electrons. The van der Waals surface area contributed by atoms with Gasteiger partial charge < -0.3 is 14.6 Å². The Labute approximate surface area is 133 Å². The molecule has 0 fully saturated rings. The first-order chi connectivity index (χ1) is 10.2. The molecule has 1 rings (SSSR count). The summed E-state index contributed by atoms with van der Waals surface area (Å²) in [7, 11) is 1.79. The Morgan fingerprint density at radius 3 is 2.32 bits per heavy atom. The first kappa shape index (κ1) is 18.4. The number of rotatable bonds is 7. The summed E-state index contributed by atoms with van der Waals surface area (Å²) in [6.45, 7) is 12.6. The highest BCUT2D eigenvalue weighted by molar-refractivity contribution is 6.05. The van der Waals surface area contributed by atoms with Gasteiger partial charge in [0.25, 0.3) is 0 Å². The summed E-state index contributed by atoms with van der Waals surface area (Å²) < 4.78 is 6.84. The van der Waals surface area contributed by atoms with Crippen LogP contribution in [-0.4, -0.2) is 35.5 Å². The molecule has 0 aliphatic rings. The number of nitrogens with zero attached hydrogens (tertiary/aromatic N) is 1. The van der Waals surface area contributed by atoms with Crippen molar-refractivity contribution in [3.8, 4) is 0 Å². The summed E-state index contributed by atoms with van der Waals surface area (Å²) in [5.74, 6) is 0.109. The van der Waals surface area contributed by atoms with Crippen LogP contribution in [0.1, 0.15) is 59.8 Å². The summed E-state index contributed by atoms with van der Waals surface area (Å²) in [4.78, 5) is 24.8. The molecule has 1 heterocycles. The van der Waals surface area contributed by atoms with Crippen molar-refractivity contribution in [3.05, 3.63) is 22.5 Å². The molecule has 0 spiro atoms. The molecule has 0 aliphatic carbocycles. The third-order valence-corrected chi connectivity index (χ3v) is 3.87. The van der Waals surface area contributed by atoms with Gasteiger partial charge in [0.2, 0.25) is 0 Å². The number of carbonyl (C=O) groups excluding carboxylic acids is 2. The van der Waals surface area contributed by atoms with Gasteiger partial charge in [0, 0.05) is 18.3 Å². The molecule has 1 unspecified atom stereocenters. The fraction of sp³-hybridized carbons (Fsp3) is 0.647. The highest BCUT2D eigenvalue weighted by Gasteiger charge is 2.27. The molecule has 1 aromatic rings. The predicted octanol–water partition coefficient (Wildman–Crippen LogP) is 2.64. The van der Waals surface area contributed by atoms with E-state index < -0.39 is 0 Å². The molecule has 1 N–H and O–H groups in total. The van der Waals surface area contributed by atoms with E-state index in [1.165, 1.54) is 0 Å². The molecule has 1 atom stereocenters. The summed E-state index contributed by atoms with van der Waals surface area (Å²) in [5.41, 5.74) is 2.57. The van der Waals surface area contributed by atoms with E-state index in [1.807, 2.05) is 20.8 Å². The van der Waals surface area contributed by atoms with Gasteiger partial charge in [-0.25, -0.2) is 4.79 Å². The van der Waals surface area contributed by atoms with Gasteiger partial charge in [-0.2, -0.15) is 0 Å². The van der Waals surface area contributed by atoms with Crippen molar-refractivity contribution in [2.45, 2.75) is 47.6 Å². The van der Waals surface area contributed by atoms with Crippen LogP contribution < -0.4 is 5.32 Å². The molecule has 0 saturated carbocycles. The smallest absolute Gasteiger partial charge is 0.355 e. The Balaban J connectivity index is 3.12. The van der Waals surface area contributed by atoms with Gasteiger partial charge in [0.05, 0.1) is 12.6 Å². The third kappa shape index (κ3) is 3.77. The van der Waals surface area contributed by atoms with E-state index >= 15 is 0 Å². The van der Waals surface area contributed by atoms with E-state index in [1.54, 1.807) is 18.5 Å². The SMILES string of the molecule is CCOC(=O)c1c(C)c(C(=O)C(C)NCC(C)C)c(C)n1C. The van der Waals surface area contributed by atoms with Crippen LogP contribution >= 0.6 is 0 Å². The monoisotopic (exact) mass is 308 g/mol. The molecular weight excluding hydrogens is 280 g/mol. The van der Waals surface area contributed by atoms with Crippen molar-refractivity contribution in [3.63, 3.8) is 0 Å². The lowest BCUT2D eigenvalue weighted by molar-refractivity contribution is 0.0514. The molecule has 0 aliphatic heterocycles. The van der Waals surface area contributed by atoms with Crippen LogP contribution in [0, 0.1) is 19.8 Å².